The van der Waals surface area contributed by atoms with Gasteiger partial charge in [-0.15, -0.1) is 17.5 Å². The van der Waals surface area contributed by atoms with Gasteiger partial charge in [0.25, 0.3) is 0 Å². The molecule has 0 radical (unpaired) electrons. The molecule has 0 atom stereocenters. The van der Waals surface area contributed by atoms with Gasteiger partial charge >= 0.3 is 0 Å². The summed E-state index contributed by atoms with van der Waals surface area (Å²) >= 11 is 1.75. The van der Waals surface area contributed by atoms with Crippen molar-refractivity contribution in [3.8, 4) is 5.69 Å². The molecule has 0 saturated carbocycles. The summed E-state index contributed by atoms with van der Waals surface area (Å²) in [5.74, 6) is 1.93. The summed E-state index contributed by atoms with van der Waals surface area (Å²) in [6.07, 6.45) is 3.84. The molecular formula is C14H20ClN5S. The summed E-state index contributed by atoms with van der Waals surface area (Å²) in [6.45, 7) is 2.33. The maximum atomic E-state index is 4.13. The van der Waals surface area contributed by atoms with Crippen molar-refractivity contribution in [1.82, 2.24) is 25.5 Å². The van der Waals surface area contributed by atoms with Crippen LogP contribution in [0.15, 0.2) is 35.5 Å². The zero-order valence-electron chi connectivity index (χ0n) is 11.8. The minimum absolute atomic E-state index is 0. The van der Waals surface area contributed by atoms with Gasteiger partial charge in [0.15, 0.2) is 0 Å². The Balaban J connectivity index is 0.00000161. The second kappa shape index (κ2) is 8.36. The normalized spacial score (nSPS) is 15.6. The number of hydrogen-bond acceptors (Lipinski definition) is 5. The van der Waals surface area contributed by atoms with E-state index in [9.17, 15) is 0 Å². The Bertz CT molecular complexity index is 527. The van der Waals surface area contributed by atoms with Gasteiger partial charge in [-0.2, -0.15) is 4.68 Å². The maximum absolute atomic E-state index is 4.13. The molecule has 2 aromatic rings. The first kappa shape index (κ1) is 16.3. The highest BCUT2D eigenvalue weighted by atomic mass is 35.5. The van der Waals surface area contributed by atoms with Gasteiger partial charge in [-0.05, 0) is 60.8 Å². The van der Waals surface area contributed by atoms with Crippen LogP contribution in [0.1, 0.15) is 19.3 Å². The number of nitrogens with one attached hydrogen (secondary N) is 1. The number of halogens is 1. The molecule has 0 unspecified atom stereocenters. The van der Waals surface area contributed by atoms with Gasteiger partial charge in [0.2, 0.25) is 5.16 Å². The smallest absolute Gasteiger partial charge is 0.214 e. The zero-order valence-corrected chi connectivity index (χ0v) is 13.4. The first-order chi connectivity index (χ1) is 9.93. The number of thioether (sulfide) groups is 1. The van der Waals surface area contributed by atoms with Crippen LogP contribution < -0.4 is 5.32 Å². The summed E-state index contributed by atoms with van der Waals surface area (Å²) in [5, 5.41) is 16.3. The molecule has 114 valence electrons. The Morgan fingerprint density at radius 2 is 1.95 bits per heavy atom. The minimum atomic E-state index is 0. The number of nitrogens with zero attached hydrogens (tertiary/aromatic N) is 4. The predicted octanol–water partition coefficient (Wildman–Crippen LogP) is 2.57. The number of hydrogen-bond donors (Lipinski definition) is 1. The quantitative estimate of drug-likeness (QED) is 0.856. The number of benzene rings is 1. The fourth-order valence-corrected chi connectivity index (χ4v) is 3.48. The number of aromatic nitrogens is 4. The Labute approximate surface area is 135 Å². The standard InChI is InChI=1S/C14H19N5S.ClH/c1-2-4-13(5-3-1)19-14(16-17-18-19)20-11-8-12-6-9-15-10-7-12;/h1-5,12,15H,6-11H2;1H. The van der Waals surface area contributed by atoms with Gasteiger partial charge in [-0.1, -0.05) is 30.0 Å². The van der Waals surface area contributed by atoms with Gasteiger partial charge < -0.3 is 5.32 Å². The zero-order chi connectivity index (χ0) is 13.6. The molecule has 0 bridgehead atoms. The van der Waals surface area contributed by atoms with E-state index < -0.39 is 0 Å². The van der Waals surface area contributed by atoms with E-state index in [1.807, 2.05) is 35.0 Å². The van der Waals surface area contributed by atoms with Crippen LogP contribution in [0, 0.1) is 5.92 Å². The molecule has 1 fully saturated rings. The Kier molecular flexibility index (Phi) is 6.48. The molecule has 2 heterocycles. The van der Waals surface area contributed by atoms with Crippen molar-refractivity contribution in [3.05, 3.63) is 30.3 Å². The summed E-state index contributed by atoms with van der Waals surface area (Å²) in [4.78, 5) is 0. The average Bonchev–Trinajstić information content (AvgIpc) is 2.98. The highest BCUT2D eigenvalue weighted by molar-refractivity contribution is 7.99. The van der Waals surface area contributed by atoms with E-state index in [0.29, 0.717) is 0 Å². The largest absolute Gasteiger partial charge is 0.317 e. The van der Waals surface area contributed by atoms with Crippen LogP contribution in [-0.2, 0) is 0 Å². The van der Waals surface area contributed by atoms with Gasteiger partial charge in [0.05, 0.1) is 5.69 Å². The second-order valence-corrected chi connectivity index (χ2v) is 6.10. The molecule has 1 N–H and O–H groups in total. The molecule has 5 nitrogen and oxygen atoms in total. The summed E-state index contributed by atoms with van der Waals surface area (Å²) in [6, 6.07) is 10.0. The van der Waals surface area contributed by atoms with E-state index in [4.69, 9.17) is 0 Å². The van der Waals surface area contributed by atoms with Gasteiger partial charge in [0, 0.05) is 5.75 Å². The molecule has 7 heteroatoms. The summed E-state index contributed by atoms with van der Waals surface area (Å²) in [5.41, 5.74) is 1.02. The predicted molar refractivity (Wildman–Crippen MR) is 87.3 cm³/mol. The molecule has 1 aromatic heterocycles. The molecule has 0 aliphatic carbocycles. The molecule has 21 heavy (non-hydrogen) atoms. The van der Waals surface area contributed by atoms with E-state index in [1.165, 1.54) is 19.3 Å². The maximum Gasteiger partial charge on any atom is 0.214 e. The number of piperidine rings is 1. The second-order valence-electron chi connectivity index (χ2n) is 5.04. The number of tetrazole rings is 1. The highest BCUT2D eigenvalue weighted by Gasteiger charge is 2.14. The third-order valence-electron chi connectivity index (χ3n) is 3.66. The first-order valence-corrected chi connectivity index (χ1v) is 8.09. The summed E-state index contributed by atoms with van der Waals surface area (Å²) < 4.78 is 1.81. The van der Waals surface area contributed by atoms with Gasteiger partial charge in [-0.25, -0.2) is 0 Å². The lowest BCUT2D eigenvalue weighted by Crippen LogP contribution is -2.27. The lowest BCUT2D eigenvalue weighted by Gasteiger charge is -2.21. The van der Waals surface area contributed by atoms with Crippen LogP contribution >= 0.6 is 24.2 Å². The van der Waals surface area contributed by atoms with Crippen molar-refractivity contribution in [3.63, 3.8) is 0 Å². The van der Waals surface area contributed by atoms with Gasteiger partial charge in [-0.3, -0.25) is 0 Å². The number of para-hydroxylation sites is 1. The molecule has 1 aliphatic heterocycles. The molecule has 1 aromatic carbocycles. The Morgan fingerprint density at radius 1 is 1.19 bits per heavy atom. The van der Waals surface area contributed by atoms with Crippen molar-refractivity contribution < 1.29 is 0 Å². The van der Waals surface area contributed by atoms with Crippen molar-refractivity contribution in [2.45, 2.75) is 24.4 Å². The van der Waals surface area contributed by atoms with Crippen molar-refractivity contribution in [2.24, 2.45) is 5.92 Å². The van der Waals surface area contributed by atoms with Crippen LogP contribution in [0.3, 0.4) is 0 Å². The lowest BCUT2D eigenvalue weighted by molar-refractivity contribution is 0.367. The monoisotopic (exact) mass is 325 g/mol. The highest BCUT2D eigenvalue weighted by Crippen LogP contribution is 2.23. The van der Waals surface area contributed by atoms with E-state index in [-0.39, 0.29) is 12.4 Å². The molecule has 1 aliphatic rings. The fraction of sp³-hybridized carbons (Fsp3) is 0.500. The third kappa shape index (κ3) is 4.43. The number of rotatable bonds is 5. The summed E-state index contributed by atoms with van der Waals surface area (Å²) in [7, 11) is 0. The first-order valence-electron chi connectivity index (χ1n) is 7.11. The van der Waals surface area contributed by atoms with Gasteiger partial charge in [0.1, 0.15) is 0 Å². The minimum Gasteiger partial charge on any atom is -0.317 e. The molecule has 3 rings (SSSR count). The molecule has 0 amide bonds. The van der Waals surface area contributed by atoms with Crippen LogP contribution in [0.2, 0.25) is 0 Å². The molecular weight excluding hydrogens is 306 g/mol. The van der Waals surface area contributed by atoms with Crippen LogP contribution in [-0.4, -0.2) is 39.0 Å². The third-order valence-corrected chi connectivity index (χ3v) is 4.61. The van der Waals surface area contributed by atoms with E-state index in [0.717, 1.165) is 35.6 Å². The van der Waals surface area contributed by atoms with E-state index in [1.54, 1.807) is 11.8 Å². The van der Waals surface area contributed by atoms with Crippen molar-refractivity contribution in [1.29, 1.82) is 0 Å². The lowest BCUT2D eigenvalue weighted by atomic mass is 9.96. The Hall–Kier alpha value is -1.11. The molecule has 0 spiro atoms. The topological polar surface area (TPSA) is 55.6 Å². The molecule has 1 saturated heterocycles. The Morgan fingerprint density at radius 3 is 2.71 bits per heavy atom. The van der Waals surface area contributed by atoms with Crippen LogP contribution in [0.4, 0.5) is 0 Å². The van der Waals surface area contributed by atoms with E-state index in [2.05, 4.69) is 20.8 Å². The van der Waals surface area contributed by atoms with Crippen LogP contribution in [0.5, 0.6) is 0 Å². The SMILES string of the molecule is Cl.c1ccc(-n2nnnc2SCCC2CCNCC2)cc1. The van der Waals surface area contributed by atoms with Crippen molar-refractivity contribution in [2.75, 3.05) is 18.8 Å². The fourth-order valence-electron chi connectivity index (χ4n) is 2.49. The van der Waals surface area contributed by atoms with E-state index >= 15 is 0 Å². The van der Waals surface area contributed by atoms with Crippen LogP contribution in [0.25, 0.3) is 5.69 Å². The average molecular weight is 326 g/mol. The van der Waals surface area contributed by atoms with Crippen molar-refractivity contribution >= 4 is 24.2 Å².